The van der Waals surface area contributed by atoms with E-state index in [2.05, 4.69) is 4.74 Å². The van der Waals surface area contributed by atoms with Crippen molar-refractivity contribution < 1.29 is 34.0 Å². The molecule has 2 N–H and O–H groups in total. The highest BCUT2D eigenvalue weighted by molar-refractivity contribution is 5.75. The molecule has 0 aliphatic rings. The van der Waals surface area contributed by atoms with Crippen molar-refractivity contribution >= 4 is 5.97 Å². The van der Waals surface area contributed by atoms with Gasteiger partial charge < -0.3 is 29.2 Å². The zero-order valence-electron chi connectivity index (χ0n) is 12.5. The summed E-state index contributed by atoms with van der Waals surface area (Å²) in [7, 11) is 4.29. The Balaban J connectivity index is 3.18. The third kappa shape index (κ3) is 3.77. The van der Waals surface area contributed by atoms with Crippen molar-refractivity contribution in [2.24, 2.45) is 0 Å². The SMILES string of the molecule is CCOC(=O)C(O)C(O)c1cc(OC)c(OC)cc1OC. The van der Waals surface area contributed by atoms with Crippen LogP contribution in [0.25, 0.3) is 0 Å². The van der Waals surface area contributed by atoms with Crippen molar-refractivity contribution in [3.63, 3.8) is 0 Å². The maximum Gasteiger partial charge on any atom is 0.338 e. The number of aliphatic hydroxyl groups excluding tert-OH is 2. The number of aliphatic hydroxyl groups is 2. The Bertz CT molecular complexity index is 486. The zero-order chi connectivity index (χ0) is 16.0. The highest BCUT2D eigenvalue weighted by Crippen LogP contribution is 2.38. The molecule has 0 spiro atoms. The maximum absolute atomic E-state index is 11.5. The number of hydrogen-bond acceptors (Lipinski definition) is 7. The average Bonchev–Trinajstić information content (AvgIpc) is 2.52. The molecule has 118 valence electrons. The van der Waals surface area contributed by atoms with Gasteiger partial charge in [0.05, 0.1) is 27.9 Å². The predicted octanol–water partition coefficient (Wildman–Crippen LogP) is 0.670. The molecule has 7 nitrogen and oxygen atoms in total. The van der Waals surface area contributed by atoms with Gasteiger partial charge in [0.1, 0.15) is 11.9 Å². The number of rotatable bonds is 7. The minimum absolute atomic E-state index is 0.103. The minimum Gasteiger partial charge on any atom is -0.496 e. The smallest absolute Gasteiger partial charge is 0.338 e. The molecule has 1 aromatic carbocycles. The van der Waals surface area contributed by atoms with E-state index >= 15 is 0 Å². The minimum atomic E-state index is -1.73. The molecule has 0 saturated heterocycles. The number of carbonyl (C=O) groups excluding carboxylic acids is 1. The lowest BCUT2D eigenvalue weighted by molar-refractivity contribution is -0.159. The first-order valence-electron chi connectivity index (χ1n) is 6.32. The van der Waals surface area contributed by atoms with Gasteiger partial charge >= 0.3 is 5.97 Å². The van der Waals surface area contributed by atoms with Crippen LogP contribution in [0.5, 0.6) is 17.2 Å². The van der Waals surface area contributed by atoms with E-state index in [-0.39, 0.29) is 17.9 Å². The molecule has 21 heavy (non-hydrogen) atoms. The van der Waals surface area contributed by atoms with E-state index in [9.17, 15) is 15.0 Å². The first kappa shape index (κ1) is 17.1. The van der Waals surface area contributed by atoms with Gasteiger partial charge in [-0.1, -0.05) is 0 Å². The standard InChI is InChI=1S/C14H20O7/c1-5-21-14(17)13(16)12(15)8-6-10(19-3)11(20-4)7-9(8)18-2/h6-7,12-13,15-16H,5H2,1-4H3. The third-order valence-corrected chi connectivity index (χ3v) is 2.88. The van der Waals surface area contributed by atoms with Gasteiger partial charge in [-0.2, -0.15) is 0 Å². The van der Waals surface area contributed by atoms with Gasteiger partial charge in [-0.25, -0.2) is 4.79 Å². The second-order valence-corrected chi connectivity index (χ2v) is 4.09. The van der Waals surface area contributed by atoms with Gasteiger partial charge in [0.25, 0.3) is 0 Å². The monoisotopic (exact) mass is 300 g/mol. The molecule has 0 fully saturated rings. The van der Waals surface area contributed by atoms with Gasteiger partial charge in [-0.05, 0) is 13.0 Å². The summed E-state index contributed by atoms with van der Waals surface area (Å²) in [5.74, 6) is 0.0738. The highest BCUT2D eigenvalue weighted by atomic mass is 16.5. The summed E-state index contributed by atoms with van der Waals surface area (Å²) in [6, 6.07) is 2.93. The van der Waals surface area contributed by atoms with Crippen molar-refractivity contribution in [2.45, 2.75) is 19.1 Å². The zero-order valence-corrected chi connectivity index (χ0v) is 12.5. The molecule has 7 heteroatoms. The van der Waals surface area contributed by atoms with Crippen LogP contribution in [0.15, 0.2) is 12.1 Å². The molecule has 1 aromatic rings. The summed E-state index contributed by atoms with van der Waals surface area (Å²) >= 11 is 0. The molecule has 2 atom stereocenters. The molecule has 1 rings (SSSR count). The van der Waals surface area contributed by atoms with Crippen molar-refractivity contribution in [1.82, 2.24) is 0 Å². The Morgan fingerprint density at radius 2 is 1.57 bits per heavy atom. The maximum atomic E-state index is 11.5. The Hall–Kier alpha value is -1.99. The summed E-state index contributed by atoms with van der Waals surface area (Å²) < 4.78 is 20.1. The molecular weight excluding hydrogens is 280 g/mol. The number of methoxy groups -OCH3 is 3. The summed E-state index contributed by atoms with van der Waals surface area (Å²) in [4.78, 5) is 11.5. The van der Waals surface area contributed by atoms with Gasteiger partial charge in [0, 0.05) is 11.6 Å². The largest absolute Gasteiger partial charge is 0.496 e. The molecule has 0 aromatic heterocycles. The number of hydrogen-bond donors (Lipinski definition) is 2. The molecule has 2 unspecified atom stereocenters. The van der Waals surface area contributed by atoms with Crippen LogP contribution in [0, 0.1) is 0 Å². The van der Waals surface area contributed by atoms with Crippen LogP contribution in [0.3, 0.4) is 0 Å². The van der Waals surface area contributed by atoms with Gasteiger partial charge in [-0.15, -0.1) is 0 Å². The molecule has 0 bridgehead atoms. The van der Waals surface area contributed by atoms with Crippen LogP contribution in [-0.2, 0) is 9.53 Å². The van der Waals surface area contributed by atoms with Gasteiger partial charge in [0.15, 0.2) is 17.6 Å². The van der Waals surface area contributed by atoms with E-state index in [1.54, 1.807) is 6.92 Å². The molecule has 0 amide bonds. The van der Waals surface area contributed by atoms with Crippen LogP contribution >= 0.6 is 0 Å². The fourth-order valence-corrected chi connectivity index (χ4v) is 1.81. The number of ether oxygens (including phenoxy) is 4. The van der Waals surface area contributed by atoms with E-state index in [1.807, 2.05) is 0 Å². The quantitative estimate of drug-likeness (QED) is 0.715. The first-order valence-corrected chi connectivity index (χ1v) is 6.32. The molecule has 0 saturated carbocycles. The first-order chi connectivity index (χ1) is 9.99. The highest BCUT2D eigenvalue weighted by Gasteiger charge is 2.30. The van der Waals surface area contributed by atoms with Crippen LogP contribution in [-0.4, -0.2) is 50.2 Å². The third-order valence-electron chi connectivity index (χ3n) is 2.88. The summed E-state index contributed by atoms with van der Waals surface area (Å²) in [6.45, 7) is 1.71. The Morgan fingerprint density at radius 1 is 1.05 bits per heavy atom. The van der Waals surface area contributed by atoms with Crippen LogP contribution < -0.4 is 14.2 Å². The lowest BCUT2D eigenvalue weighted by Gasteiger charge is -2.20. The molecular formula is C14H20O7. The Morgan fingerprint density at radius 3 is 2.05 bits per heavy atom. The second kappa shape index (κ2) is 7.70. The summed E-state index contributed by atoms with van der Waals surface area (Å²) in [5.41, 5.74) is 0.190. The Kier molecular flexibility index (Phi) is 6.26. The normalized spacial score (nSPS) is 13.2. The second-order valence-electron chi connectivity index (χ2n) is 4.09. The van der Waals surface area contributed by atoms with E-state index in [0.29, 0.717) is 11.5 Å². The van der Waals surface area contributed by atoms with Crippen molar-refractivity contribution in [3.05, 3.63) is 17.7 Å². The fraction of sp³-hybridized carbons (Fsp3) is 0.500. The van der Waals surface area contributed by atoms with Crippen molar-refractivity contribution in [1.29, 1.82) is 0 Å². The lowest BCUT2D eigenvalue weighted by atomic mass is 10.0. The predicted molar refractivity (Wildman–Crippen MR) is 73.7 cm³/mol. The van der Waals surface area contributed by atoms with Crippen molar-refractivity contribution in [2.75, 3.05) is 27.9 Å². The van der Waals surface area contributed by atoms with E-state index in [0.717, 1.165) is 0 Å². The van der Waals surface area contributed by atoms with Crippen molar-refractivity contribution in [3.8, 4) is 17.2 Å². The van der Waals surface area contributed by atoms with E-state index in [1.165, 1.54) is 33.5 Å². The van der Waals surface area contributed by atoms with E-state index in [4.69, 9.17) is 14.2 Å². The number of carbonyl (C=O) groups is 1. The average molecular weight is 300 g/mol. The molecule has 0 heterocycles. The fourth-order valence-electron chi connectivity index (χ4n) is 1.81. The molecule has 0 radical (unpaired) electrons. The summed E-state index contributed by atoms with van der Waals surface area (Å²) in [6.07, 6.45) is -3.24. The molecule has 0 aliphatic carbocycles. The van der Waals surface area contributed by atoms with Gasteiger partial charge in [0.2, 0.25) is 0 Å². The number of benzene rings is 1. The molecule has 0 aliphatic heterocycles. The van der Waals surface area contributed by atoms with Crippen LogP contribution in [0.2, 0.25) is 0 Å². The van der Waals surface area contributed by atoms with E-state index < -0.39 is 18.2 Å². The lowest BCUT2D eigenvalue weighted by Crippen LogP contribution is -2.30. The van der Waals surface area contributed by atoms with Crippen LogP contribution in [0.1, 0.15) is 18.6 Å². The van der Waals surface area contributed by atoms with Crippen LogP contribution in [0.4, 0.5) is 0 Å². The Labute approximate surface area is 123 Å². The number of esters is 1. The summed E-state index contributed by atoms with van der Waals surface area (Å²) in [5, 5.41) is 20.0. The van der Waals surface area contributed by atoms with Gasteiger partial charge in [-0.3, -0.25) is 0 Å². The topological polar surface area (TPSA) is 94.5 Å².